The zero-order valence-corrected chi connectivity index (χ0v) is 8.84. The van der Waals surface area contributed by atoms with Crippen LogP contribution >= 0.6 is 11.6 Å². The summed E-state index contributed by atoms with van der Waals surface area (Å²) in [5, 5.41) is -1.36. The largest absolute Gasteiger partial charge is 0.417 e. The van der Waals surface area contributed by atoms with Gasteiger partial charge in [0.05, 0.1) is 16.1 Å². The van der Waals surface area contributed by atoms with Crippen molar-refractivity contribution in [2.45, 2.75) is 18.9 Å². The Morgan fingerprint density at radius 3 is 1.53 bits per heavy atom. The van der Waals surface area contributed by atoms with E-state index in [2.05, 4.69) is 0 Å². The second kappa shape index (κ2) is 4.38. The summed E-state index contributed by atoms with van der Waals surface area (Å²) in [7, 11) is 0. The third kappa shape index (κ3) is 3.04. The molecule has 0 spiro atoms. The van der Waals surface area contributed by atoms with Crippen molar-refractivity contribution in [2.75, 3.05) is 0 Å². The van der Waals surface area contributed by atoms with E-state index < -0.39 is 35.0 Å². The Labute approximate surface area is 97.2 Å². The van der Waals surface area contributed by atoms with E-state index in [1.54, 1.807) is 0 Å². The highest BCUT2D eigenvalue weighted by Gasteiger charge is 2.40. The van der Waals surface area contributed by atoms with E-state index in [0.29, 0.717) is 12.1 Å². The fourth-order valence-electron chi connectivity index (χ4n) is 1.21. The first-order chi connectivity index (χ1) is 7.57. The van der Waals surface area contributed by atoms with Gasteiger partial charge in [-0.3, -0.25) is 0 Å². The van der Waals surface area contributed by atoms with Gasteiger partial charge < -0.3 is 5.73 Å². The van der Waals surface area contributed by atoms with Crippen LogP contribution in [0.3, 0.4) is 0 Å². The van der Waals surface area contributed by atoms with Crippen molar-refractivity contribution in [2.24, 2.45) is 5.73 Å². The molecule has 2 N–H and O–H groups in total. The van der Waals surface area contributed by atoms with Crippen LogP contribution < -0.4 is 5.73 Å². The summed E-state index contributed by atoms with van der Waals surface area (Å²) in [5.74, 6) is 0. The summed E-state index contributed by atoms with van der Waals surface area (Å²) in [6, 6.07) is 1.02. The lowest BCUT2D eigenvalue weighted by molar-refractivity contribution is -0.142. The quantitative estimate of drug-likeness (QED) is 0.776. The second-order valence-corrected chi connectivity index (χ2v) is 3.58. The Hall–Kier alpha value is -0.950. The van der Waals surface area contributed by atoms with Crippen molar-refractivity contribution in [1.82, 2.24) is 0 Å². The van der Waals surface area contributed by atoms with Crippen molar-refractivity contribution < 1.29 is 26.3 Å². The van der Waals surface area contributed by atoms with Gasteiger partial charge in [0.2, 0.25) is 0 Å². The number of hydrogen-bond donors (Lipinski definition) is 1. The van der Waals surface area contributed by atoms with Gasteiger partial charge in [-0.1, -0.05) is 11.6 Å². The van der Waals surface area contributed by atoms with E-state index in [4.69, 9.17) is 17.3 Å². The average molecular weight is 278 g/mol. The molecule has 0 aliphatic carbocycles. The van der Waals surface area contributed by atoms with E-state index in [1.807, 2.05) is 0 Å². The van der Waals surface area contributed by atoms with Crippen LogP contribution in [-0.4, -0.2) is 0 Å². The molecule has 0 amide bonds. The van der Waals surface area contributed by atoms with Crippen LogP contribution in [0.5, 0.6) is 0 Å². The third-order valence-corrected chi connectivity index (χ3v) is 2.39. The van der Waals surface area contributed by atoms with Gasteiger partial charge in [0.25, 0.3) is 0 Å². The number of benzene rings is 1. The fraction of sp³-hybridized carbons (Fsp3) is 0.333. The number of alkyl halides is 6. The number of halogens is 7. The molecule has 0 heterocycles. The summed E-state index contributed by atoms with van der Waals surface area (Å²) in [6.07, 6.45) is -9.91. The Morgan fingerprint density at radius 2 is 1.29 bits per heavy atom. The van der Waals surface area contributed by atoms with Gasteiger partial charge in [-0.2, -0.15) is 26.3 Å². The Bertz CT molecular complexity index is 387. The van der Waals surface area contributed by atoms with Gasteiger partial charge >= 0.3 is 12.4 Å². The van der Waals surface area contributed by atoms with E-state index >= 15 is 0 Å². The lowest BCUT2D eigenvalue weighted by Crippen LogP contribution is -2.14. The summed E-state index contributed by atoms with van der Waals surface area (Å²) in [4.78, 5) is 0. The van der Waals surface area contributed by atoms with Gasteiger partial charge in [-0.05, 0) is 17.7 Å². The number of rotatable bonds is 1. The molecule has 1 rings (SSSR count). The molecule has 1 nitrogen and oxygen atoms in total. The van der Waals surface area contributed by atoms with Crippen LogP contribution in [0, 0.1) is 0 Å². The van der Waals surface area contributed by atoms with Crippen LogP contribution in [0.1, 0.15) is 16.7 Å². The summed E-state index contributed by atoms with van der Waals surface area (Å²) in [6.45, 7) is -0.441. The van der Waals surface area contributed by atoms with Crippen LogP contribution in [0.15, 0.2) is 12.1 Å². The summed E-state index contributed by atoms with van der Waals surface area (Å²) >= 11 is 5.13. The summed E-state index contributed by atoms with van der Waals surface area (Å²) < 4.78 is 74.6. The molecule has 0 atom stereocenters. The second-order valence-electron chi connectivity index (χ2n) is 3.20. The molecule has 0 aromatic heterocycles. The Balaban J connectivity index is 3.53. The molecule has 0 saturated carbocycles. The minimum Gasteiger partial charge on any atom is -0.326 e. The Morgan fingerprint density at radius 1 is 0.941 bits per heavy atom. The molecule has 17 heavy (non-hydrogen) atoms. The molecule has 0 aliphatic heterocycles. The van der Waals surface area contributed by atoms with Crippen molar-refractivity contribution in [3.8, 4) is 0 Å². The van der Waals surface area contributed by atoms with Crippen LogP contribution in [0.4, 0.5) is 26.3 Å². The molecule has 0 radical (unpaired) electrons. The SMILES string of the molecule is NCc1cc(C(F)(F)F)c(Cl)c(C(F)(F)F)c1. The van der Waals surface area contributed by atoms with Gasteiger partial charge in [0.15, 0.2) is 0 Å². The lowest BCUT2D eigenvalue weighted by Gasteiger charge is -2.16. The smallest absolute Gasteiger partial charge is 0.326 e. The predicted octanol–water partition coefficient (Wildman–Crippen LogP) is 3.84. The van der Waals surface area contributed by atoms with Crippen molar-refractivity contribution >= 4 is 11.6 Å². The fourth-order valence-corrected chi connectivity index (χ4v) is 1.54. The maximum Gasteiger partial charge on any atom is 0.417 e. The first-order valence-corrected chi connectivity index (χ1v) is 4.62. The topological polar surface area (TPSA) is 26.0 Å². The maximum absolute atomic E-state index is 12.4. The molecule has 0 bridgehead atoms. The molecule has 0 aliphatic rings. The van der Waals surface area contributed by atoms with Gasteiger partial charge in [-0.15, -0.1) is 0 Å². The van der Waals surface area contributed by atoms with Crippen LogP contribution in [0.2, 0.25) is 5.02 Å². The molecule has 1 aromatic rings. The van der Waals surface area contributed by atoms with Crippen molar-refractivity contribution in [1.29, 1.82) is 0 Å². The lowest BCUT2D eigenvalue weighted by atomic mass is 10.0. The van der Waals surface area contributed by atoms with Crippen molar-refractivity contribution in [3.63, 3.8) is 0 Å². The van der Waals surface area contributed by atoms with Gasteiger partial charge in [-0.25, -0.2) is 0 Å². The first kappa shape index (κ1) is 14.1. The Kier molecular flexibility index (Phi) is 3.63. The zero-order valence-electron chi connectivity index (χ0n) is 8.08. The normalized spacial score (nSPS) is 12.9. The molecule has 0 unspecified atom stereocenters. The maximum atomic E-state index is 12.4. The zero-order chi connectivity index (χ0) is 13.4. The van der Waals surface area contributed by atoms with Gasteiger partial charge in [0.1, 0.15) is 0 Å². The molecule has 8 heteroatoms. The third-order valence-electron chi connectivity index (χ3n) is 1.98. The number of hydrogen-bond acceptors (Lipinski definition) is 1. The first-order valence-electron chi connectivity index (χ1n) is 4.24. The molecular formula is C9H6ClF6N. The predicted molar refractivity (Wildman–Crippen MR) is 49.3 cm³/mol. The monoisotopic (exact) mass is 277 g/mol. The highest BCUT2D eigenvalue weighted by Crippen LogP contribution is 2.42. The van der Waals surface area contributed by atoms with E-state index in [9.17, 15) is 26.3 Å². The van der Waals surface area contributed by atoms with Crippen LogP contribution in [-0.2, 0) is 18.9 Å². The molecule has 96 valence electrons. The average Bonchev–Trinajstić information content (AvgIpc) is 2.14. The molecule has 0 fully saturated rings. The van der Waals surface area contributed by atoms with E-state index in [-0.39, 0.29) is 5.56 Å². The molecule has 1 aromatic carbocycles. The molecular weight excluding hydrogens is 272 g/mol. The standard InChI is InChI=1S/C9H6ClF6N/c10-7-5(8(11,12)13)1-4(3-17)2-6(7)9(14,15)16/h1-2H,3,17H2. The van der Waals surface area contributed by atoms with E-state index in [0.717, 1.165) is 0 Å². The highest BCUT2D eigenvalue weighted by atomic mass is 35.5. The minimum absolute atomic E-state index is 0.283. The van der Waals surface area contributed by atoms with Gasteiger partial charge in [0, 0.05) is 6.54 Å². The van der Waals surface area contributed by atoms with E-state index in [1.165, 1.54) is 0 Å². The molecule has 0 saturated heterocycles. The highest BCUT2D eigenvalue weighted by molar-refractivity contribution is 6.32. The minimum atomic E-state index is -4.96. The number of nitrogens with two attached hydrogens (primary N) is 1. The summed E-state index contributed by atoms with van der Waals surface area (Å²) in [5.41, 5.74) is 1.70. The van der Waals surface area contributed by atoms with Crippen molar-refractivity contribution in [3.05, 3.63) is 33.8 Å². The van der Waals surface area contributed by atoms with Crippen LogP contribution in [0.25, 0.3) is 0 Å².